The summed E-state index contributed by atoms with van der Waals surface area (Å²) in [6.07, 6.45) is -3.63. The summed E-state index contributed by atoms with van der Waals surface area (Å²) in [5, 5.41) is 0. The number of hydrogen-bond donors (Lipinski definition) is 1. The van der Waals surface area contributed by atoms with Gasteiger partial charge < -0.3 is 15.4 Å². The maximum absolute atomic E-state index is 12.4. The summed E-state index contributed by atoms with van der Waals surface area (Å²) in [6.45, 7) is 3.47. The zero-order valence-corrected chi connectivity index (χ0v) is 10.5. The minimum absolute atomic E-state index is 0.127. The van der Waals surface area contributed by atoms with Crippen LogP contribution in [-0.4, -0.2) is 36.8 Å². The second-order valence-electron chi connectivity index (χ2n) is 4.62. The third-order valence-corrected chi connectivity index (χ3v) is 3.08. The molecule has 0 aromatic carbocycles. The van der Waals surface area contributed by atoms with E-state index >= 15 is 0 Å². The number of nitrogens with two attached hydrogens (primary N) is 1. The Morgan fingerprint density at radius 3 is 2.74 bits per heavy atom. The molecule has 2 unspecified atom stereocenters. The van der Waals surface area contributed by atoms with Crippen molar-refractivity contribution in [1.82, 2.24) is 4.98 Å². The zero-order chi connectivity index (χ0) is 14.0. The van der Waals surface area contributed by atoms with Crippen LogP contribution in [0.15, 0.2) is 18.3 Å². The second kappa shape index (κ2) is 5.34. The van der Waals surface area contributed by atoms with Crippen LogP contribution in [0.25, 0.3) is 0 Å². The van der Waals surface area contributed by atoms with E-state index in [0.717, 1.165) is 12.3 Å². The molecule has 0 bridgehead atoms. The lowest BCUT2D eigenvalue weighted by molar-refractivity contribution is -0.137. The Bertz CT molecular complexity index is 419. The molecule has 1 fully saturated rings. The van der Waals surface area contributed by atoms with Crippen molar-refractivity contribution in [3.05, 3.63) is 23.9 Å². The van der Waals surface area contributed by atoms with Crippen LogP contribution in [0.3, 0.4) is 0 Å². The van der Waals surface area contributed by atoms with Gasteiger partial charge in [-0.3, -0.25) is 0 Å². The highest BCUT2D eigenvalue weighted by Gasteiger charge is 2.31. The molecule has 1 aromatic heterocycles. The Morgan fingerprint density at radius 1 is 1.47 bits per heavy atom. The van der Waals surface area contributed by atoms with E-state index < -0.39 is 11.7 Å². The van der Waals surface area contributed by atoms with E-state index in [9.17, 15) is 13.2 Å². The predicted octanol–water partition coefficient (Wildman–Crippen LogP) is 1.65. The van der Waals surface area contributed by atoms with Crippen LogP contribution < -0.4 is 10.6 Å². The first kappa shape index (κ1) is 14.1. The second-order valence-corrected chi connectivity index (χ2v) is 4.62. The molecule has 1 saturated heterocycles. The molecule has 0 saturated carbocycles. The summed E-state index contributed by atoms with van der Waals surface area (Å²) >= 11 is 0. The van der Waals surface area contributed by atoms with Gasteiger partial charge in [-0.15, -0.1) is 0 Å². The molecule has 106 valence electrons. The van der Waals surface area contributed by atoms with Crippen molar-refractivity contribution in [2.75, 3.05) is 24.6 Å². The standard InChI is InChI=1S/C12H16F3N3O/c1-8(16)10-7-18(4-5-19-10)11-3-2-9(6-17-11)12(13,14)15/h2-3,6,8,10H,4-5,7,16H2,1H3. The summed E-state index contributed by atoms with van der Waals surface area (Å²) in [4.78, 5) is 5.76. The molecule has 7 heteroatoms. The average molecular weight is 275 g/mol. The van der Waals surface area contributed by atoms with Crippen LogP contribution >= 0.6 is 0 Å². The molecule has 0 aliphatic carbocycles. The third kappa shape index (κ3) is 3.36. The smallest absolute Gasteiger partial charge is 0.373 e. The maximum Gasteiger partial charge on any atom is 0.417 e. The average Bonchev–Trinajstić information content (AvgIpc) is 2.38. The van der Waals surface area contributed by atoms with Gasteiger partial charge in [-0.2, -0.15) is 13.2 Å². The van der Waals surface area contributed by atoms with E-state index in [1.54, 1.807) is 0 Å². The minimum Gasteiger partial charge on any atom is -0.373 e. The third-order valence-electron chi connectivity index (χ3n) is 3.08. The predicted molar refractivity (Wildman–Crippen MR) is 64.8 cm³/mol. The fraction of sp³-hybridized carbons (Fsp3) is 0.583. The monoisotopic (exact) mass is 275 g/mol. The van der Waals surface area contributed by atoms with Crippen molar-refractivity contribution >= 4 is 5.82 Å². The normalized spacial score (nSPS) is 22.4. The Kier molecular flexibility index (Phi) is 3.96. The first-order valence-electron chi connectivity index (χ1n) is 6.03. The van der Waals surface area contributed by atoms with Crippen molar-refractivity contribution in [3.8, 4) is 0 Å². The van der Waals surface area contributed by atoms with Crippen molar-refractivity contribution < 1.29 is 17.9 Å². The Balaban J connectivity index is 2.10. The lowest BCUT2D eigenvalue weighted by atomic mass is 10.1. The summed E-state index contributed by atoms with van der Waals surface area (Å²) < 4.78 is 42.8. The quantitative estimate of drug-likeness (QED) is 0.891. The van der Waals surface area contributed by atoms with Crippen molar-refractivity contribution in [2.24, 2.45) is 5.73 Å². The number of aromatic nitrogens is 1. The van der Waals surface area contributed by atoms with E-state index in [4.69, 9.17) is 10.5 Å². The summed E-state index contributed by atoms with van der Waals surface area (Å²) in [5.41, 5.74) is 5.03. The molecule has 1 aromatic rings. The first-order valence-corrected chi connectivity index (χ1v) is 6.03. The zero-order valence-electron chi connectivity index (χ0n) is 10.5. The molecule has 4 nitrogen and oxygen atoms in total. The van der Waals surface area contributed by atoms with Gasteiger partial charge in [-0.25, -0.2) is 4.98 Å². The fourth-order valence-corrected chi connectivity index (χ4v) is 1.94. The van der Waals surface area contributed by atoms with Crippen molar-refractivity contribution in [2.45, 2.75) is 25.2 Å². The van der Waals surface area contributed by atoms with Crippen LogP contribution in [0.1, 0.15) is 12.5 Å². The van der Waals surface area contributed by atoms with Gasteiger partial charge >= 0.3 is 6.18 Å². The number of morpholine rings is 1. The lowest BCUT2D eigenvalue weighted by Gasteiger charge is -2.35. The van der Waals surface area contributed by atoms with Gasteiger partial charge in [0.1, 0.15) is 5.82 Å². The van der Waals surface area contributed by atoms with E-state index in [1.165, 1.54) is 6.07 Å². The summed E-state index contributed by atoms with van der Waals surface area (Å²) in [6, 6.07) is 2.29. The van der Waals surface area contributed by atoms with Gasteiger partial charge in [0.15, 0.2) is 0 Å². The Morgan fingerprint density at radius 2 is 2.21 bits per heavy atom. The van der Waals surface area contributed by atoms with Crippen LogP contribution in [-0.2, 0) is 10.9 Å². The van der Waals surface area contributed by atoms with E-state index in [0.29, 0.717) is 25.5 Å². The van der Waals surface area contributed by atoms with Gasteiger partial charge in [-0.1, -0.05) is 0 Å². The molecule has 19 heavy (non-hydrogen) atoms. The highest BCUT2D eigenvalue weighted by atomic mass is 19.4. The number of rotatable bonds is 2. The SMILES string of the molecule is CC(N)C1CN(c2ccc(C(F)(F)F)cn2)CCO1. The molecule has 1 aliphatic heterocycles. The van der Waals surface area contributed by atoms with Crippen LogP contribution in [0, 0.1) is 0 Å². The molecular weight excluding hydrogens is 259 g/mol. The Hall–Kier alpha value is -1.34. The number of pyridine rings is 1. The number of nitrogens with zero attached hydrogens (tertiary/aromatic N) is 2. The van der Waals surface area contributed by atoms with Gasteiger partial charge in [-0.05, 0) is 19.1 Å². The van der Waals surface area contributed by atoms with Gasteiger partial charge in [0, 0.05) is 25.3 Å². The highest BCUT2D eigenvalue weighted by Crippen LogP contribution is 2.29. The molecule has 0 spiro atoms. The number of anilines is 1. The van der Waals surface area contributed by atoms with Gasteiger partial charge in [0.05, 0.1) is 18.3 Å². The van der Waals surface area contributed by atoms with Gasteiger partial charge in [0.25, 0.3) is 0 Å². The minimum atomic E-state index is -4.36. The molecule has 2 N–H and O–H groups in total. The van der Waals surface area contributed by atoms with E-state index in [-0.39, 0.29) is 12.1 Å². The first-order chi connectivity index (χ1) is 8.88. The highest BCUT2D eigenvalue weighted by molar-refractivity contribution is 5.40. The van der Waals surface area contributed by atoms with Crippen molar-refractivity contribution in [3.63, 3.8) is 0 Å². The fourth-order valence-electron chi connectivity index (χ4n) is 1.94. The molecule has 0 radical (unpaired) electrons. The summed E-state index contributed by atoms with van der Waals surface area (Å²) in [7, 11) is 0. The lowest BCUT2D eigenvalue weighted by Crippen LogP contribution is -2.49. The van der Waals surface area contributed by atoms with Crippen molar-refractivity contribution in [1.29, 1.82) is 0 Å². The van der Waals surface area contributed by atoms with E-state index in [1.807, 2.05) is 11.8 Å². The molecule has 2 heterocycles. The van der Waals surface area contributed by atoms with E-state index in [2.05, 4.69) is 4.98 Å². The molecule has 1 aliphatic rings. The molecular formula is C12H16F3N3O. The number of ether oxygens (including phenoxy) is 1. The maximum atomic E-state index is 12.4. The molecule has 2 atom stereocenters. The summed E-state index contributed by atoms with van der Waals surface area (Å²) in [5.74, 6) is 0.516. The number of hydrogen-bond acceptors (Lipinski definition) is 4. The van der Waals surface area contributed by atoms with Crippen LogP contribution in [0.2, 0.25) is 0 Å². The van der Waals surface area contributed by atoms with Crippen LogP contribution in [0.4, 0.5) is 19.0 Å². The molecule has 2 rings (SSSR count). The largest absolute Gasteiger partial charge is 0.417 e. The van der Waals surface area contributed by atoms with Crippen LogP contribution in [0.5, 0.6) is 0 Å². The number of alkyl halides is 3. The molecule has 0 amide bonds. The topological polar surface area (TPSA) is 51.4 Å². The Labute approximate surface area is 109 Å². The van der Waals surface area contributed by atoms with Gasteiger partial charge in [0.2, 0.25) is 0 Å². The number of halogens is 3.